The molecule has 2 aromatic heterocycles. The van der Waals surface area contributed by atoms with E-state index in [-0.39, 0.29) is 17.4 Å². The molecule has 134 valence electrons. The smallest absolute Gasteiger partial charge is 0.255 e. The summed E-state index contributed by atoms with van der Waals surface area (Å²) in [5.74, 6) is 0.337. The van der Waals surface area contributed by atoms with E-state index in [9.17, 15) is 9.90 Å². The Bertz CT molecular complexity index is 799. The molecule has 0 radical (unpaired) electrons. The Balaban J connectivity index is 1.51. The van der Waals surface area contributed by atoms with Crippen LogP contribution in [0.1, 0.15) is 37.0 Å². The minimum Gasteiger partial charge on any atom is -0.391 e. The number of nitrogens with one attached hydrogen (secondary N) is 1. The summed E-state index contributed by atoms with van der Waals surface area (Å²) in [7, 11) is 2.14. The molecule has 7 nitrogen and oxygen atoms in total. The second-order valence-corrected chi connectivity index (χ2v) is 7.98. The highest BCUT2D eigenvalue weighted by atomic mass is 16.3. The van der Waals surface area contributed by atoms with Gasteiger partial charge in [0.2, 0.25) is 0 Å². The normalized spacial score (nSPS) is 32.4. The third kappa shape index (κ3) is 2.53. The van der Waals surface area contributed by atoms with Crippen LogP contribution in [0, 0.1) is 11.3 Å². The molecule has 1 saturated heterocycles. The molecule has 4 rings (SSSR count). The number of rotatable bonds is 3. The molecule has 7 heteroatoms. The first-order valence-electron chi connectivity index (χ1n) is 8.89. The maximum atomic E-state index is 12.7. The summed E-state index contributed by atoms with van der Waals surface area (Å²) in [5.41, 5.74) is 1.28. The van der Waals surface area contributed by atoms with Gasteiger partial charge in [-0.05, 0) is 37.9 Å². The quantitative estimate of drug-likeness (QED) is 0.867. The van der Waals surface area contributed by atoms with Crippen molar-refractivity contribution in [1.82, 2.24) is 25.0 Å². The number of hydrogen-bond acceptors (Lipinski definition) is 5. The zero-order valence-corrected chi connectivity index (χ0v) is 14.9. The number of carbonyl (C=O) groups excluding carboxylic acids is 1. The molecule has 1 aliphatic carbocycles. The molecule has 0 aromatic carbocycles. The van der Waals surface area contributed by atoms with E-state index >= 15 is 0 Å². The van der Waals surface area contributed by atoms with Crippen LogP contribution in [-0.4, -0.2) is 62.5 Å². The Morgan fingerprint density at radius 1 is 1.40 bits per heavy atom. The molecule has 1 amide bonds. The Morgan fingerprint density at radius 2 is 2.20 bits per heavy atom. The van der Waals surface area contributed by atoms with Crippen molar-refractivity contribution in [2.24, 2.45) is 11.3 Å². The lowest BCUT2D eigenvalue weighted by atomic mass is 9.66. The van der Waals surface area contributed by atoms with Gasteiger partial charge in [-0.2, -0.15) is 14.8 Å². The van der Waals surface area contributed by atoms with E-state index in [1.54, 1.807) is 12.3 Å². The number of aliphatic hydroxyl groups excluding tert-OH is 1. The molecule has 1 spiro atoms. The summed E-state index contributed by atoms with van der Waals surface area (Å²) < 4.78 is 1.44. The summed E-state index contributed by atoms with van der Waals surface area (Å²) in [4.78, 5) is 15.1. The van der Waals surface area contributed by atoms with E-state index in [0.29, 0.717) is 23.0 Å². The summed E-state index contributed by atoms with van der Waals surface area (Å²) in [5, 5.41) is 21.8. The van der Waals surface area contributed by atoms with Crippen molar-refractivity contribution in [3.8, 4) is 0 Å². The average molecular weight is 343 g/mol. The first kappa shape index (κ1) is 16.5. The number of aromatic nitrogens is 3. The van der Waals surface area contributed by atoms with Gasteiger partial charge in [-0.1, -0.05) is 13.8 Å². The third-order valence-corrected chi connectivity index (χ3v) is 5.87. The van der Waals surface area contributed by atoms with Crippen molar-refractivity contribution < 1.29 is 9.90 Å². The van der Waals surface area contributed by atoms with Crippen molar-refractivity contribution in [2.75, 3.05) is 13.6 Å². The van der Waals surface area contributed by atoms with E-state index < -0.39 is 6.10 Å². The summed E-state index contributed by atoms with van der Waals surface area (Å²) in [6.45, 7) is 5.44. The standard InChI is InChI=1S/C18H25N5O2/c1-11(2)16-18(10-22(16)3)7-13(15(24)8-18)21-17(25)12-9-20-23-14(12)5-4-6-19-23/h4-6,9,11,13,15-16,24H,7-8,10H2,1-3H3,(H,21,25)/t13-,15-,16?,18?/m1/s1. The van der Waals surface area contributed by atoms with Gasteiger partial charge in [0.25, 0.3) is 5.91 Å². The summed E-state index contributed by atoms with van der Waals surface area (Å²) in [6, 6.07) is 3.85. The van der Waals surface area contributed by atoms with Crippen LogP contribution in [0.25, 0.3) is 5.52 Å². The second-order valence-electron chi connectivity index (χ2n) is 7.98. The van der Waals surface area contributed by atoms with Crippen molar-refractivity contribution in [2.45, 2.75) is 44.9 Å². The molecular formula is C18H25N5O2. The second kappa shape index (κ2) is 5.78. The first-order chi connectivity index (χ1) is 11.9. The lowest BCUT2D eigenvalue weighted by molar-refractivity contribution is -0.0827. The van der Waals surface area contributed by atoms with Gasteiger partial charge in [0.1, 0.15) is 5.52 Å². The van der Waals surface area contributed by atoms with E-state index in [1.807, 2.05) is 6.07 Å². The molecule has 0 bridgehead atoms. The summed E-state index contributed by atoms with van der Waals surface area (Å²) in [6.07, 6.45) is 4.24. The number of amides is 1. The highest BCUT2D eigenvalue weighted by Crippen LogP contribution is 2.52. The fraction of sp³-hybridized carbons (Fsp3) is 0.611. The molecule has 25 heavy (non-hydrogen) atoms. The van der Waals surface area contributed by atoms with E-state index in [4.69, 9.17) is 0 Å². The Labute approximate surface area is 147 Å². The predicted molar refractivity (Wildman–Crippen MR) is 93.2 cm³/mol. The van der Waals surface area contributed by atoms with Gasteiger partial charge in [0.05, 0.1) is 23.9 Å². The van der Waals surface area contributed by atoms with Crippen molar-refractivity contribution in [1.29, 1.82) is 0 Å². The SMILES string of the molecule is CC(C)C1N(C)CC12C[C@@H](O)[C@H](NC(=O)c1cnn3ncccc13)C2. The van der Waals surface area contributed by atoms with E-state index in [0.717, 1.165) is 19.4 Å². The molecule has 2 fully saturated rings. The van der Waals surface area contributed by atoms with Gasteiger partial charge in [-0.15, -0.1) is 0 Å². The van der Waals surface area contributed by atoms with Crippen molar-refractivity contribution in [3.63, 3.8) is 0 Å². The molecule has 1 aliphatic heterocycles. The number of hydrogen-bond donors (Lipinski definition) is 2. The molecule has 2 aliphatic rings. The largest absolute Gasteiger partial charge is 0.391 e. The van der Waals surface area contributed by atoms with Crippen LogP contribution in [-0.2, 0) is 0 Å². The minimum absolute atomic E-state index is 0.114. The van der Waals surface area contributed by atoms with Gasteiger partial charge in [-0.3, -0.25) is 4.79 Å². The number of carbonyl (C=O) groups is 1. The Kier molecular flexibility index (Phi) is 3.81. The van der Waals surface area contributed by atoms with Gasteiger partial charge in [0, 0.05) is 24.2 Å². The van der Waals surface area contributed by atoms with Crippen LogP contribution >= 0.6 is 0 Å². The fourth-order valence-corrected chi connectivity index (χ4v) is 5.25. The molecule has 2 aromatic rings. The predicted octanol–water partition coefficient (Wildman–Crippen LogP) is 0.939. The van der Waals surface area contributed by atoms with Crippen LogP contribution in [0.4, 0.5) is 0 Å². The Hall–Kier alpha value is -1.99. The maximum Gasteiger partial charge on any atom is 0.255 e. The molecule has 2 N–H and O–H groups in total. The van der Waals surface area contributed by atoms with Crippen molar-refractivity contribution >= 4 is 11.4 Å². The molecule has 2 unspecified atom stereocenters. The van der Waals surface area contributed by atoms with Crippen LogP contribution < -0.4 is 5.32 Å². The van der Waals surface area contributed by atoms with Gasteiger partial charge in [0.15, 0.2) is 0 Å². The molecule has 3 heterocycles. The average Bonchev–Trinajstić information content (AvgIpc) is 3.09. The first-order valence-corrected chi connectivity index (χ1v) is 8.89. The maximum absolute atomic E-state index is 12.7. The minimum atomic E-state index is -0.501. The monoisotopic (exact) mass is 343 g/mol. The number of likely N-dealkylation sites (tertiary alicyclic amines) is 1. The van der Waals surface area contributed by atoms with Gasteiger partial charge in [-0.25, -0.2) is 0 Å². The molecule has 1 saturated carbocycles. The van der Waals surface area contributed by atoms with E-state index in [2.05, 4.69) is 41.3 Å². The zero-order chi connectivity index (χ0) is 17.8. The van der Waals surface area contributed by atoms with Crippen LogP contribution in [0.2, 0.25) is 0 Å². The number of nitrogens with zero attached hydrogens (tertiary/aromatic N) is 4. The van der Waals surface area contributed by atoms with Gasteiger partial charge < -0.3 is 15.3 Å². The number of aliphatic hydroxyl groups is 1. The summed E-state index contributed by atoms with van der Waals surface area (Å²) >= 11 is 0. The topological polar surface area (TPSA) is 82.8 Å². The lowest BCUT2D eigenvalue weighted by Gasteiger charge is -2.57. The lowest BCUT2D eigenvalue weighted by Crippen LogP contribution is -2.64. The van der Waals surface area contributed by atoms with Gasteiger partial charge >= 0.3 is 0 Å². The highest BCUT2D eigenvalue weighted by molar-refractivity contribution is 6.00. The molecular weight excluding hydrogens is 318 g/mol. The van der Waals surface area contributed by atoms with Crippen LogP contribution in [0.15, 0.2) is 24.5 Å². The Morgan fingerprint density at radius 3 is 2.92 bits per heavy atom. The van der Waals surface area contributed by atoms with Crippen molar-refractivity contribution in [3.05, 3.63) is 30.1 Å². The van der Waals surface area contributed by atoms with E-state index in [1.165, 1.54) is 10.8 Å². The molecule has 4 atom stereocenters. The van der Waals surface area contributed by atoms with Crippen LogP contribution in [0.5, 0.6) is 0 Å². The number of fused-ring (bicyclic) bond motifs is 1. The fourth-order valence-electron chi connectivity index (χ4n) is 5.25. The third-order valence-electron chi connectivity index (χ3n) is 5.87. The van der Waals surface area contributed by atoms with Crippen LogP contribution in [0.3, 0.4) is 0 Å². The zero-order valence-electron chi connectivity index (χ0n) is 14.9. The highest BCUT2D eigenvalue weighted by Gasteiger charge is 2.58.